The summed E-state index contributed by atoms with van der Waals surface area (Å²) in [7, 11) is 0.288. The van der Waals surface area contributed by atoms with Crippen molar-refractivity contribution in [3.8, 4) is 5.75 Å². The van der Waals surface area contributed by atoms with Gasteiger partial charge in [0.25, 0.3) is 5.91 Å². The molecule has 3 amide bonds. The maximum atomic E-state index is 13.0. The van der Waals surface area contributed by atoms with E-state index in [9.17, 15) is 14.4 Å². The number of amides is 3. The van der Waals surface area contributed by atoms with E-state index >= 15 is 0 Å². The zero-order chi connectivity index (χ0) is 37.1. The van der Waals surface area contributed by atoms with E-state index in [1.54, 1.807) is 4.90 Å². The van der Waals surface area contributed by atoms with Crippen molar-refractivity contribution in [1.29, 1.82) is 0 Å². The van der Waals surface area contributed by atoms with Crippen LogP contribution in [0, 0.1) is 0 Å². The third-order valence-corrected chi connectivity index (χ3v) is 14.4. The lowest BCUT2D eigenvalue weighted by Gasteiger charge is -2.50. The number of hydrogen-bond acceptors (Lipinski definition) is 8. The van der Waals surface area contributed by atoms with E-state index in [0.717, 1.165) is 34.7 Å². The fourth-order valence-corrected chi connectivity index (χ4v) is 11.5. The van der Waals surface area contributed by atoms with Crippen molar-refractivity contribution in [3.63, 3.8) is 0 Å². The monoisotopic (exact) mass is 719 g/mol. The minimum absolute atomic E-state index is 0.155. The largest absolute Gasteiger partial charge is 0.487 e. The molecule has 2 aliphatic rings. The smallest absolute Gasteiger partial charge is 0.255 e. The molecule has 5 N–H and O–H groups in total. The Kier molecular flexibility index (Phi) is 14.5. The van der Waals surface area contributed by atoms with Crippen LogP contribution in [-0.2, 0) is 40.1 Å². The van der Waals surface area contributed by atoms with E-state index in [1.807, 2.05) is 42.5 Å². The second-order valence-corrected chi connectivity index (χ2v) is 18.2. The number of ether oxygens (including phenoxy) is 1. The number of nitrogens with two attached hydrogens (primary N) is 1. The minimum atomic E-state index is -1.21. The predicted molar refractivity (Wildman–Crippen MR) is 208 cm³/mol. The first kappa shape index (κ1) is 39.9. The quantitative estimate of drug-likeness (QED) is 0.101. The number of piperidine rings is 1. The molecular formula is C40H57N5O5S. The molecule has 3 aromatic rings. The summed E-state index contributed by atoms with van der Waals surface area (Å²) in [6, 6.07) is 21.7. The van der Waals surface area contributed by atoms with E-state index in [0.29, 0.717) is 60.6 Å². The number of nitrogens with one attached hydrogen (secondary N) is 3. The van der Waals surface area contributed by atoms with Crippen LogP contribution in [0.1, 0.15) is 87.0 Å². The van der Waals surface area contributed by atoms with Gasteiger partial charge in [0.15, 0.2) is 0 Å². The summed E-state index contributed by atoms with van der Waals surface area (Å²) in [5.74, 6) is -0.0269. The molecule has 3 aromatic carbocycles. The van der Waals surface area contributed by atoms with Gasteiger partial charge in [0.2, 0.25) is 11.8 Å². The van der Waals surface area contributed by atoms with Crippen molar-refractivity contribution in [2.45, 2.75) is 102 Å². The van der Waals surface area contributed by atoms with E-state index < -0.39 is 22.3 Å². The highest BCUT2D eigenvalue weighted by Gasteiger charge is 2.39. The molecule has 0 aromatic heterocycles. The van der Waals surface area contributed by atoms with Crippen molar-refractivity contribution in [2.75, 3.05) is 25.5 Å². The molecule has 1 saturated heterocycles. The molecule has 2 heterocycles. The number of rotatable bonds is 16. The van der Waals surface area contributed by atoms with Gasteiger partial charge in [0.05, 0.1) is 12.3 Å². The van der Waals surface area contributed by atoms with Crippen molar-refractivity contribution in [1.82, 2.24) is 15.5 Å². The van der Waals surface area contributed by atoms with Crippen LogP contribution >= 0.6 is 10.3 Å². The van der Waals surface area contributed by atoms with Crippen molar-refractivity contribution in [3.05, 3.63) is 94.5 Å². The first-order valence-corrected chi connectivity index (χ1v) is 19.8. The number of imide groups is 1. The highest BCUT2D eigenvalue weighted by molar-refractivity contribution is 8.31. The van der Waals surface area contributed by atoms with Gasteiger partial charge in [-0.1, -0.05) is 90.1 Å². The van der Waals surface area contributed by atoms with E-state index in [2.05, 4.69) is 87.5 Å². The lowest BCUT2D eigenvalue weighted by molar-refractivity contribution is -0.136. The Hall–Kier alpha value is -3.90. The Balaban J connectivity index is 0.00000286. The van der Waals surface area contributed by atoms with Crippen molar-refractivity contribution < 1.29 is 23.3 Å². The lowest BCUT2D eigenvalue weighted by atomic mass is 10.0. The van der Waals surface area contributed by atoms with E-state index in [4.69, 9.17) is 8.92 Å². The van der Waals surface area contributed by atoms with Crippen LogP contribution < -0.4 is 26.4 Å². The predicted octanol–water partition coefficient (Wildman–Crippen LogP) is 6.26. The molecule has 0 aliphatic carbocycles. The summed E-state index contributed by atoms with van der Waals surface area (Å²) in [6.07, 6.45) is 0.609. The molecule has 1 fully saturated rings. The first-order valence-electron chi connectivity index (χ1n) is 18.0. The van der Waals surface area contributed by atoms with Gasteiger partial charge in [-0.15, -0.1) is 10.3 Å². The summed E-state index contributed by atoms with van der Waals surface area (Å²) < 4.78 is 13.0. The number of anilines is 1. The average molecular weight is 720 g/mol. The molecule has 51 heavy (non-hydrogen) atoms. The maximum absolute atomic E-state index is 13.0. The SMILES string of the molecule is CC(C)S(OCc1ccc(COc2ccccc2NCCNCc2ccc3c(c2)CN(C2CCC(=O)NC2=O)C3=O)cc1)(C(C)C)C(C)C.CN. The molecular weight excluding hydrogens is 663 g/mol. The van der Waals surface area contributed by atoms with Crippen LogP contribution in [0.25, 0.3) is 0 Å². The normalized spacial score (nSPS) is 16.3. The highest BCUT2D eigenvalue weighted by Crippen LogP contribution is 2.61. The summed E-state index contributed by atoms with van der Waals surface area (Å²) in [5, 5.41) is 10.8. The maximum Gasteiger partial charge on any atom is 0.255 e. The zero-order valence-electron chi connectivity index (χ0n) is 31.3. The number of carbonyl (C=O) groups excluding carboxylic acids is 3. The molecule has 11 heteroatoms. The van der Waals surface area contributed by atoms with Gasteiger partial charge in [-0.3, -0.25) is 19.7 Å². The van der Waals surface area contributed by atoms with Gasteiger partial charge in [0, 0.05) is 53.9 Å². The third-order valence-electron chi connectivity index (χ3n) is 9.48. The van der Waals surface area contributed by atoms with Crippen LogP contribution in [0.3, 0.4) is 0 Å². The second kappa shape index (κ2) is 18.5. The second-order valence-electron chi connectivity index (χ2n) is 13.7. The summed E-state index contributed by atoms with van der Waals surface area (Å²) in [4.78, 5) is 38.4. The van der Waals surface area contributed by atoms with Gasteiger partial charge in [-0.05, 0) is 53.9 Å². The van der Waals surface area contributed by atoms with Crippen LogP contribution in [0.5, 0.6) is 5.75 Å². The van der Waals surface area contributed by atoms with Gasteiger partial charge in [-0.2, -0.15) is 0 Å². The Labute approximate surface area is 305 Å². The van der Waals surface area contributed by atoms with Crippen molar-refractivity contribution >= 4 is 33.7 Å². The van der Waals surface area contributed by atoms with Gasteiger partial charge in [-0.25, -0.2) is 0 Å². The number of hydrogen-bond donors (Lipinski definition) is 4. The topological polar surface area (TPSA) is 135 Å². The van der Waals surface area contributed by atoms with Crippen LogP contribution in [0.15, 0.2) is 66.7 Å². The highest BCUT2D eigenvalue weighted by atomic mass is 32.3. The Morgan fingerprint density at radius 2 is 1.47 bits per heavy atom. The zero-order valence-corrected chi connectivity index (χ0v) is 32.1. The van der Waals surface area contributed by atoms with Crippen LogP contribution in [0.2, 0.25) is 0 Å². The molecule has 1 unspecified atom stereocenters. The fraction of sp³-hybridized carbons (Fsp3) is 0.475. The number of benzene rings is 3. The molecule has 2 aliphatic heterocycles. The number of para-hydroxylation sites is 2. The number of carbonyl (C=O) groups is 3. The van der Waals surface area contributed by atoms with Gasteiger partial charge < -0.3 is 30.2 Å². The molecule has 278 valence electrons. The average Bonchev–Trinajstić information content (AvgIpc) is 3.43. The Morgan fingerprint density at radius 1 is 0.843 bits per heavy atom. The van der Waals surface area contributed by atoms with Gasteiger partial charge in [0.1, 0.15) is 18.4 Å². The molecule has 0 saturated carbocycles. The minimum Gasteiger partial charge on any atom is -0.487 e. The Bertz CT molecular complexity index is 1610. The molecule has 0 bridgehead atoms. The lowest BCUT2D eigenvalue weighted by Crippen LogP contribution is -2.52. The summed E-state index contributed by atoms with van der Waals surface area (Å²) >= 11 is 0. The van der Waals surface area contributed by atoms with E-state index in [1.165, 1.54) is 12.6 Å². The molecule has 10 nitrogen and oxygen atoms in total. The van der Waals surface area contributed by atoms with Gasteiger partial charge >= 0.3 is 0 Å². The molecule has 0 radical (unpaired) electrons. The summed E-state index contributed by atoms with van der Waals surface area (Å²) in [5.41, 5.74) is 10.3. The van der Waals surface area contributed by atoms with Crippen LogP contribution in [-0.4, -0.2) is 64.6 Å². The summed E-state index contributed by atoms with van der Waals surface area (Å²) in [6.45, 7) is 17.3. The standard InChI is InChI=1S/C39H52N4O5S.CH5N/c1-26(2)49(27(3)4,28(5)6)48-25-30-13-11-29(12-14-30)24-47-36-10-8-7-9-34(36)41-20-19-40-22-31-15-16-33-32(21-31)23-43(39(33)46)35-17-18-37(44)42-38(35)45;1-2/h7-16,21,26-28,35,40-41H,17-20,22-25H2,1-6H3,(H,42,44,45);2H2,1H3. The van der Waals surface area contributed by atoms with Crippen molar-refractivity contribution in [2.24, 2.45) is 5.73 Å². The molecule has 1 atom stereocenters. The van der Waals surface area contributed by atoms with E-state index in [-0.39, 0.29) is 18.2 Å². The Morgan fingerprint density at radius 3 is 2.12 bits per heavy atom. The first-order chi connectivity index (χ1) is 24.5. The number of fused-ring (bicyclic) bond motifs is 1. The molecule has 5 rings (SSSR count). The number of nitrogens with zero attached hydrogens (tertiary/aromatic N) is 1. The molecule has 0 spiro atoms. The third kappa shape index (κ3) is 9.71. The van der Waals surface area contributed by atoms with Crippen LogP contribution in [0.4, 0.5) is 5.69 Å². The fourth-order valence-electron chi connectivity index (χ4n) is 7.10.